The van der Waals surface area contributed by atoms with Crippen molar-refractivity contribution in [1.29, 1.82) is 0 Å². The first-order valence-electron chi connectivity index (χ1n) is 7.13. The van der Waals surface area contributed by atoms with E-state index in [1.54, 1.807) is 17.0 Å². The standard InChI is InChI=1S/C15H20N2O4/c18-10-13-4-2-1-3-9-17(13)15(21)16-12-7-5-11(6-8-12)14(19)20/h5-8,13,18H,1-4,9-10H2,(H,16,21)(H,19,20). The number of carbonyl (C=O) groups excluding carboxylic acids is 1. The van der Waals surface area contributed by atoms with Crippen LogP contribution >= 0.6 is 0 Å². The Kier molecular flexibility index (Phi) is 5.16. The molecule has 1 heterocycles. The van der Waals surface area contributed by atoms with Crippen molar-refractivity contribution in [3.63, 3.8) is 0 Å². The number of anilines is 1. The first-order valence-corrected chi connectivity index (χ1v) is 7.13. The fraction of sp³-hybridized carbons (Fsp3) is 0.467. The summed E-state index contributed by atoms with van der Waals surface area (Å²) < 4.78 is 0. The molecule has 3 N–H and O–H groups in total. The van der Waals surface area contributed by atoms with Gasteiger partial charge in [-0.1, -0.05) is 12.8 Å². The lowest BCUT2D eigenvalue weighted by Gasteiger charge is -2.28. The summed E-state index contributed by atoms with van der Waals surface area (Å²) in [5, 5.41) is 21.0. The molecule has 21 heavy (non-hydrogen) atoms. The molecule has 0 saturated carbocycles. The highest BCUT2D eigenvalue weighted by atomic mass is 16.4. The molecule has 0 spiro atoms. The number of carboxylic acid groups (broad SMARTS) is 1. The first kappa shape index (κ1) is 15.3. The van der Waals surface area contributed by atoms with E-state index in [0.29, 0.717) is 12.2 Å². The van der Waals surface area contributed by atoms with Crippen LogP contribution in [-0.2, 0) is 0 Å². The number of rotatable bonds is 3. The van der Waals surface area contributed by atoms with Gasteiger partial charge in [0.15, 0.2) is 0 Å². The van der Waals surface area contributed by atoms with E-state index in [9.17, 15) is 14.7 Å². The van der Waals surface area contributed by atoms with E-state index in [4.69, 9.17) is 5.11 Å². The molecule has 1 aliphatic heterocycles. The van der Waals surface area contributed by atoms with Crippen LogP contribution in [-0.4, -0.2) is 46.3 Å². The number of aliphatic hydroxyl groups is 1. The van der Waals surface area contributed by atoms with Gasteiger partial charge in [0.05, 0.1) is 18.2 Å². The summed E-state index contributed by atoms with van der Waals surface area (Å²) >= 11 is 0. The SMILES string of the molecule is O=C(O)c1ccc(NC(=O)N2CCCCCC2CO)cc1. The Morgan fingerprint density at radius 1 is 1.19 bits per heavy atom. The molecule has 1 aromatic carbocycles. The normalized spacial score (nSPS) is 18.9. The predicted molar refractivity (Wildman–Crippen MR) is 78.5 cm³/mol. The lowest BCUT2D eigenvalue weighted by molar-refractivity contribution is 0.0697. The van der Waals surface area contributed by atoms with Crippen molar-refractivity contribution in [1.82, 2.24) is 4.90 Å². The quantitative estimate of drug-likeness (QED) is 0.796. The van der Waals surface area contributed by atoms with Gasteiger partial charge < -0.3 is 20.4 Å². The van der Waals surface area contributed by atoms with Crippen molar-refractivity contribution in [2.75, 3.05) is 18.5 Å². The molecule has 114 valence electrons. The number of hydrogen-bond acceptors (Lipinski definition) is 3. The zero-order valence-corrected chi connectivity index (χ0v) is 11.8. The number of benzene rings is 1. The number of hydrogen-bond donors (Lipinski definition) is 3. The average molecular weight is 292 g/mol. The molecule has 1 atom stereocenters. The van der Waals surface area contributed by atoms with Gasteiger partial charge in [-0.25, -0.2) is 9.59 Å². The summed E-state index contributed by atoms with van der Waals surface area (Å²) in [4.78, 5) is 24.7. The molecule has 2 amide bonds. The van der Waals surface area contributed by atoms with Gasteiger partial charge in [-0.3, -0.25) is 0 Å². The Morgan fingerprint density at radius 3 is 2.52 bits per heavy atom. The number of nitrogens with zero attached hydrogens (tertiary/aromatic N) is 1. The Morgan fingerprint density at radius 2 is 1.90 bits per heavy atom. The topological polar surface area (TPSA) is 89.9 Å². The predicted octanol–water partition coefficient (Wildman–Crippen LogP) is 2.15. The van der Waals surface area contributed by atoms with E-state index in [1.165, 1.54) is 12.1 Å². The maximum absolute atomic E-state index is 12.3. The van der Waals surface area contributed by atoms with Crippen molar-refractivity contribution < 1.29 is 19.8 Å². The van der Waals surface area contributed by atoms with Gasteiger partial charge in [0.2, 0.25) is 0 Å². The Bertz CT molecular complexity index is 501. The maximum atomic E-state index is 12.3. The monoisotopic (exact) mass is 292 g/mol. The minimum atomic E-state index is -0.999. The van der Waals surface area contributed by atoms with Crippen molar-refractivity contribution in [3.05, 3.63) is 29.8 Å². The first-order chi connectivity index (χ1) is 10.1. The molecule has 0 radical (unpaired) electrons. The smallest absolute Gasteiger partial charge is 0.335 e. The summed E-state index contributed by atoms with van der Waals surface area (Å²) in [6.07, 6.45) is 3.82. The minimum absolute atomic E-state index is 0.0363. The van der Waals surface area contributed by atoms with E-state index < -0.39 is 5.97 Å². The third kappa shape index (κ3) is 3.95. The molecule has 1 fully saturated rings. The highest BCUT2D eigenvalue weighted by Crippen LogP contribution is 2.18. The second kappa shape index (κ2) is 7.08. The molecule has 0 bridgehead atoms. The summed E-state index contributed by atoms with van der Waals surface area (Å²) in [6, 6.07) is 5.62. The van der Waals surface area contributed by atoms with Crippen molar-refractivity contribution in [3.8, 4) is 0 Å². The van der Waals surface area contributed by atoms with Crippen LogP contribution in [0.15, 0.2) is 24.3 Å². The van der Waals surface area contributed by atoms with Crippen LogP contribution in [0.5, 0.6) is 0 Å². The van der Waals surface area contributed by atoms with E-state index in [-0.39, 0.29) is 24.2 Å². The zero-order chi connectivity index (χ0) is 15.2. The third-order valence-electron chi connectivity index (χ3n) is 3.73. The second-order valence-corrected chi connectivity index (χ2v) is 5.19. The summed E-state index contributed by atoms with van der Waals surface area (Å²) in [7, 11) is 0. The van der Waals surface area contributed by atoms with Crippen molar-refractivity contribution >= 4 is 17.7 Å². The van der Waals surface area contributed by atoms with Crippen molar-refractivity contribution in [2.24, 2.45) is 0 Å². The highest BCUT2D eigenvalue weighted by Gasteiger charge is 2.24. The van der Waals surface area contributed by atoms with E-state index in [2.05, 4.69) is 5.32 Å². The van der Waals surface area contributed by atoms with Gasteiger partial charge in [0.25, 0.3) is 0 Å². The van der Waals surface area contributed by atoms with Crippen LogP contribution < -0.4 is 5.32 Å². The zero-order valence-electron chi connectivity index (χ0n) is 11.8. The lowest BCUT2D eigenvalue weighted by Crippen LogP contribution is -2.44. The molecule has 1 saturated heterocycles. The molecule has 6 heteroatoms. The van der Waals surface area contributed by atoms with Crippen LogP contribution in [0.3, 0.4) is 0 Å². The van der Waals surface area contributed by atoms with Crippen LogP contribution in [0.1, 0.15) is 36.0 Å². The Labute approximate surface area is 123 Å². The molecular weight excluding hydrogens is 272 g/mol. The van der Waals surface area contributed by atoms with E-state index >= 15 is 0 Å². The number of urea groups is 1. The number of likely N-dealkylation sites (tertiary alicyclic amines) is 1. The molecular formula is C15H20N2O4. The maximum Gasteiger partial charge on any atom is 0.335 e. The van der Waals surface area contributed by atoms with Crippen molar-refractivity contribution in [2.45, 2.75) is 31.7 Å². The molecule has 2 rings (SSSR count). The molecule has 1 aliphatic rings. The lowest BCUT2D eigenvalue weighted by atomic mass is 10.1. The molecule has 0 aliphatic carbocycles. The summed E-state index contributed by atoms with van der Waals surface area (Å²) in [5.74, 6) is -0.999. The Balaban J connectivity index is 2.03. The van der Waals surface area contributed by atoms with Gasteiger partial charge >= 0.3 is 12.0 Å². The Hall–Kier alpha value is -2.08. The van der Waals surface area contributed by atoms with Crippen LogP contribution in [0, 0.1) is 0 Å². The third-order valence-corrected chi connectivity index (χ3v) is 3.73. The number of aromatic carboxylic acids is 1. The highest BCUT2D eigenvalue weighted by molar-refractivity contribution is 5.91. The molecule has 0 aromatic heterocycles. The number of carbonyl (C=O) groups is 2. The van der Waals surface area contributed by atoms with Crippen LogP contribution in [0.2, 0.25) is 0 Å². The number of amides is 2. The van der Waals surface area contributed by atoms with Crippen LogP contribution in [0.25, 0.3) is 0 Å². The molecule has 6 nitrogen and oxygen atoms in total. The van der Waals surface area contributed by atoms with Gasteiger partial charge in [-0.2, -0.15) is 0 Å². The molecule has 1 aromatic rings. The van der Waals surface area contributed by atoms with Crippen LogP contribution in [0.4, 0.5) is 10.5 Å². The second-order valence-electron chi connectivity index (χ2n) is 5.19. The van der Waals surface area contributed by atoms with E-state index in [1.807, 2.05) is 0 Å². The average Bonchev–Trinajstić information content (AvgIpc) is 2.72. The van der Waals surface area contributed by atoms with Gasteiger partial charge in [0, 0.05) is 12.2 Å². The summed E-state index contributed by atoms with van der Waals surface area (Å²) in [6.45, 7) is 0.593. The van der Waals surface area contributed by atoms with E-state index in [0.717, 1.165) is 25.7 Å². The van der Waals surface area contributed by atoms with Gasteiger partial charge in [0.1, 0.15) is 0 Å². The van der Waals surface area contributed by atoms with Gasteiger partial charge in [-0.15, -0.1) is 0 Å². The number of carboxylic acids is 1. The largest absolute Gasteiger partial charge is 0.478 e. The summed E-state index contributed by atoms with van der Waals surface area (Å²) in [5.41, 5.74) is 0.724. The fourth-order valence-corrected chi connectivity index (χ4v) is 2.53. The molecule has 1 unspecified atom stereocenters. The fourth-order valence-electron chi connectivity index (χ4n) is 2.53. The van der Waals surface area contributed by atoms with Gasteiger partial charge in [-0.05, 0) is 37.1 Å². The minimum Gasteiger partial charge on any atom is -0.478 e. The number of aliphatic hydroxyl groups excluding tert-OH is 1. The number of nitrogens with one attached hydrogen (secondary N) is 1.